The molecule has 1 spiro atoms. The molecule has 2 aromatic heterocycles. The minimum Gasteiger partial charge on any atom is -0.360 e. The lowest BCUT2D eigenvalue weighted by molar-refractivity contribution is -0.133. The van der Waals surface area contributed by atoms with Crippen molar-refractivity contribution in [2.45, 2.75) is 39.5 Å². The number of amides is 2. The van der Waals surface area contributed by atoms with Gasteiger partial charge in [0, 0.05) is 37.8 Å². The molecule has 1 saturated carbocycles. The molecule has 0 aromatic carbocycles. The number of fused-ring (bicyclic) bond motifs is 1. The number of piperidine rings is 1. The standard InChI is InChI=1S/C25H33N5O2/c1-4-10-30(18(3)5-2)17-23(31)29-11-7-25(8-12-29)14-20(25)15-27-24(32)21-13-19-6-9-26-16-22(19)28-21/h6,9,13,16,20,28H,2,4,7-8,10-12,14-15,17H2,1,3H3,(H,27,32). The number of nitrogens with one attached hydrogen (secondary N) is 2. The van der Waals surface area contributed by atoms with E-state index in [0.29, 0.717) is 24.7 Å². The summed E-state index contributed by atoms with van der Waals surface area (Å²) in [5.41, 5.74) is 5.57. The number of carbonyl (C=O) groups is 2. The second-order valence-corrected chi connectivity index (χ2v) is 9.18. The van der Waals surface area contributed by atoms with Crippen molar-refractivity contribution in [3.63, 3.8) is 0 Å². The van der Waals surface area contributed by atoms with Crippen molar-refractivity contribution >= 4 is 22.7 Å². The molecule has 1 aliphatic heterocycles. The first kappa shape index (κ1) is 22.2. The summed E-state index contributed by atoms with van der Waals surface area (Å²) < 4.78 is 0. The number of aromatic nitrogens is 2. The van der Waals surface area contributed by atoms with Crippen LogP contribution in [0.3, 0.4) is 0 Å². The third-order valence-electron chi connectivity index (χ3n) is 7.20. The fourth-order valence-corrected chi connectivity index (χ4v) is 4.95. The van der Waals surface area contributed by atoms with E-state index in [1.54, 1.807) is 12.4 Å². The van der Waals surface area contributed by atoms with Crippen LogP contribution in [-0.4, -0.2) is 64.3 Å². The van der Waals surface area contributed by atoms with Crippen LogP contribution in [0.4, 0.5) is 0 Å². The molecule has 1 unspecified atom stereocenters. The van der Waals surface area contributed by atoms with Crippen LogP contribution in [0.2, 0.25) is 0 Å². The van der Waals surface area contributed by atoms with E-state index < -0.39 is 0 Å². The molecule has 2 fully saturated rings. The van der Waals surface area contributed by atoms with Gasteiger partial charge in [-0.25, -0.2) is 0 Å². The maximum absolute atomic E-state index is 12.8. The topological polar surface area (TPSA) is 81.3 Å². The van der Waals surface area contributed by atoms with Crippen LogP contribution in [0.5, 0.6) is 0 Å². The Hall–Kier alpha value is -3.05. The quantitative estimate of drug-likeness (QED) is 0.624. The molecule has 2 amide bonds. The Labute approximate surface area is 189 Å². The number of aromatic amines is 1. The Kier molecular flexibility index (Phi) is 6.38. The number of H-pyrrole nitrogens is 1. The first-order valence-corrected chi connectivity index (χ1v) is 11.6. The van der Waals surface area contributed by atoms with Crippen LogP contribution in [-0.2, 0) is 4.79 Å². The normalized spacial score (nSPS) is 18.9. The largest absolute Gasteiger partial charge is 0.360 e. The van der Waals surface area contributed by atoms with Gasteiger partial charge in [0.15, 0.2) is 0 Å². The fraction of sp³-hybridized carbons (Fsp3) is 0.520. The monoisotopic (exact) mass is 435 g/mol. The number of hydrogen-bond donors (Lipinski definition) is 2. The first-order chi connectivity index (χ1) is 15.5. The molecule has 2 aliphatic rings. The fourth-order valence-electron chi connectivity index (χ4n) is 4.95. The molecule has 2 aromatic rings. The SMILES string of the molecule is C=C=C(C)N(CCC)CC(=O)N1CCC2(CC1)CC2CNC(=O)c1cc2ccncc2[nH]1. The zero-order chi connectivity index (χ0) is 22.7. The molecule has 3 heterocycles. The molecular formula is C25H33N5O2. The smallest absolute Gasteiger partial charge is 0.267 e. The van der Waals surface area contributed by atoms with Gasteiger partial charge < -0.3 is 20.1 Å². The molecule has 2 N–H and O–H groups in total. The third-order valence-corrected chi connectivity index (χ3v) is 7.20. The summed E-state index contributed by atoms with van der Waals surface area (Å²) in [7, 11) is 0. The van der Waals surface area contributed by atoms with Crippen LogP contribution >= 0.6 is 0 Å². The van der Waals surface area contributed by atoms with Gasteiger partial charge in [0.05, 0.1) is 24.0 Å². The predicted molar refractivity (Wildman–Crippen MR) is 125 cm³/mol. The number of nitrogens with zero attached hydrogens (tertiary/aromatic N) is 3. The van der Waals surface area contributed by atoms with Crippen LogP contribution in [0.15, 0.2) is 42.5 Å². The van der Waals surface area contributed by atoms with E-state index in [0.717, 1.165) is 61.9 Å². The van der Waals surface area contributed by atoms with Crippen molar-refractivity contribution < 1.29 is 9.59 Å². The number of carbonyl (C=O) groups excluding carboxylic acids is 2. The summed E-state index contributed by atoms with van der Waals surface area (Å²) in [6.45, 7) is 11.3. The maximum atomic E-state index is 12.8. The summed E-state index contributed by atoms with van der Waals surface area (Å²) in [4.78, 5) is 36.7. The predicted octanol–water partition coefficient (Wildman–Crippen LogP) is 3.32. The number of allylic oxidation sites excluding steroid dienone is 1. The number of rotatable bonds is 8. The molecule has 1 saturated heterocycles. The molecule has 7 heteroatoms. The van der Waals surface area contributed by atoms with Crippen LogP contribution in [0.1, 0.15) is 50.0 Å². The minimum absolute atomic E-state index is 0.0717. The van der Waals surface area contributed by atoms with Gasteiger partial charge in [0.25, 0.3) is 5.91 Å². The Morgan fingerprint density at radius 1 is 1.41 bits per heavy atom. The highest BCUT2D eigenvalue weighted by Gasteiger charge is 2.54. The molecule has 0 radical (unpaired) electrons. The Morgan fingerprint density at radius 2 is 2.19 bits per heavy atom. The van der Waals surface area contributed by atoms with Gasteiger partial charge in [0.2, 0.25) is 5.91 Å². The Balaban J connectivity index is 1.24. The van der Waals surface area contributed by atoms with Crippen molar-refractivity contribution in [2.75, 3.05) is 32.7 Å². The Bertz CT molecular complexity index is 1010. The van der Waals surface area contributed by atoms with Gasteiger partial charge >= 0.3 is 0 Å². The second-order valence-electron chi connectivity index (χ2n) is 9.18. The third kappa shape index (κ3) is 4.58. The summed E-state index contributed by atoms with van der Waals surface area (Å²) in [5, 5.41) is 4.08. The van der Waals surface area contributed by atoms with Crippen molar-refractivity contribution in [1.82, 2.24) is 25.1 Å². The highest BCUT2D eigenvalue weighted by molar-refractivity contribution is 5.97. The van der Waals surface area contributed by atoms with Crippen molar-refractivity contribution in [2.24, 2.45) is 11.3 Å². The van der Waals surface area contributed by atoms with Gasteiger partial charge in [-0.2, -0.15) is 0 Å². The average Bonchev–Trinajstić information content (AvgIpc) is 3.28. The molecule has 1 aliphatic carbocycles. The van der Waals surface area contributed by atoms with Gasteiger partial charge in [-0.3, -0.25) is 14.6 Å². The number of pyridine rings is 1. The molecule has 7 nitrogen and oxygen atoms in total. The average molecular weight is 436 g/mol. The van der Waals surface area contributed by atoms with E-state index in [1.807, 2.05) is 24.0 Å². The summed E-state index contributed by atoms with van der Waals surface area (Å²) in [6, 6.07) is 3.76. The lowest BCUT2D eigenvalue weighted by Crippen LogP contribution is -2.44. The lowest BCUT2D eigenvalue weighted by atomic mass is 9.90. The second kappa shape index (κ2) is 9.21. The van der Waals surface area contributed by atoms with Crippen LogP contribution < -0.4 is 5.32 Å². The summed E-state index contributed by atoms with van der Waals surface area (Å²) in [5.74, 6) is 0.608. The zero-order valence-electron chi connectivity index (χ0n) is 19.1. The maximum Gasteiger partial charge on any atom is 0.267 e. The molecule has 1 atom stereocenters. The summed E-state index contributed by atoms with van der Waals surface area (Å²) >= 11 is 0. The lowest BCUT2D eigenvalue weighted by Gasteiger charge is -2.35. The van der Waals surface area contributed by atoms with Gasteiger partial charge in [-0.05, 0) is 56.1 Å². The molecule has 0 bridgehead atoms. The first-order valence-electron chi connectivity index (χ1n) is 11.6. The van der Waals surface area contributed by atoms with Gasteiger partial charge in [0.1, 0.15) is 5.69 Å². The van der Waals surface area contributed by atoms with E-state index in [2.05, 4.69) is 39.4 Å². The van der Waals surface area contributed by atoms with Crippen molar-refractivity contribution in [3.8, 4) is 0 Å². The van der Waals surface area contributed by atoms with E-state index >= 15 is 0 Å². The zero-order valence-corrected chi connectivity index (χ0v) is 19.1. The van der Waals surface area contributed by atoms with Gasteiger partial charge in [-0.15, -0.1) is 5.73 Å². The van der Waals surface area contributed by atoms with Crippen molar-refractivity contribution in [1.29, 1.82) is 0 Å². The van der Waals surface area contributed by atoms with E-state index in [9.17, 15) is 9.59 Å². The molecular weight excluding hydrogens is 402 g/mol. The van der Waals surface area contributed by atoms with E-state index in [-0.39, 0.29) is 17.2 Å². The number of likely N-dealkylation sites (tertiary alicyclic amines) is 1. The molecule has 32 heavy (non-hydrogen) atoms. The van der Waals surface area contributed by atoms with E-state index in [1.165, 1.54) is 0 Å². The van der Waals surface area contributed by atoms with Gasteiger partial charge in [-0.1, -0.05) is 13.5 Å². The highest BCUT2D eigenvalue weighted by Crippen LogP contribution is 2.59. The molecule has 170 valence electrons. The van der Waals surface area contributed by atoms with E-state index in [4.69, 9.17) is 0 Å². The molecule has 4 rings (SSSR count). The Morgan fingerprint density at radius 3 is 2.88 bits per heavy atom. The van der Waals surface area contributed by atoms with Crippen molar-refractivity contribution in [3.05, 3.63) is 48.2 Å². The highest BCUT2D eigenvalue weighted by atomic mass is 16.2. The minimum atomic E-state index is -0.0717. The van der Waals surface area contributed by atoms with Crippen LogP contribution in [0, 0.1) is 11.3 Å². The van der Waals surface area contributed by atoms with Crippen LogP contribution in [0.25, 0.3) is 10.9 Å². The summed E-state index contributed by atoms with van der Waals surface area (Å²) in [6.07, 6.45) is 7.60. The number of hydrogen-bond acceptors (Lipinski definition) is 4.